The lowest BCUT2D eigenvalue weighted by Crippen LogP contribution is -2.36. The Morgan fingerprint density at radius 2 is 2.19 bits per heavy atom. The van der Waals surface area contributed by atoms with Crippen LogP contribution in [-0.4, -0.2) is 40.0 Å². The van der Waals surface area contributed by atoms with Crippen LogP contribution >= 0.6 is 0 Å². The zero-order valence-corrected chi connectivity index (χ0v) is 9.09. The van der Waals surface area contributed by atoms with Crippen LogP contribution in [0, 0.1) is 0 Å². The molecular formula is C11H14N2O3. The molecule has 0 fully saturated rings. The Morgan fingerprint density at radius 3 is 2.69 bits per heavy atom. The van der Waals surface area contributed by atoms with Gasteiger partial charge in [-0.2, -0.15) is 0 Å². The van der Waals surface area contributed by atoms with Crippen LogP contribution in [0.5, 0.6) is 0 Å². The number of hydrogen-bond donors (Lipinski definition) is 1. The number of hydrogen-bond acceptors (Lipinski definition) is 3. The number of carboxylic acids is 1. The third-order valence-corrected chi connectivity index (χ3v) is 2.12. The lowest BCUT2D eigenvalue weighted by Gasteiger charge is -2.18. The quantitative estimate of drug-likeness (QED) is 0.790. The van der Waals surface area contributed by atoms with Gasteiger partial charge in [0.2, 0.25) is 5.91 Å². The molecule has 1 amide bonds. The number of pyridine rings is 1. The van der Waals surface area contributed by atoms with Gasteiger partial charge in [0.15, 0.2) is 0 Å². The summed E-state index contributed by atoms with van der Waals surface area (Å²) in [6, 6.07) is 5.30. The Bertz CT molecular complexity index is 365. The predicted molar refractivity (Wildman–Crippen MR) is 57.8 cm³/mol. The van der Waals surface area contributed by atoms with Crippen LogP contribution in [0.15, 0.2) is 24.4 Å². The number of likely N-dealkylation sites (N-methyl/N-ethyl adjacent to an activating group) is 1. The van der Waals surface area contributed by atoms with Crippen LogP contribution in [0.2, 0.25) is 0 Å². The van der Waals surface area contributed by atoms with E-state index in [2.05, 4.69) is 4.98 Å². The summed E-state index contributed by atoms with van der Waals surface area (Å²) in [6.45, 7) is 1.87. The smallest absolute Gasteiger partial charge is 0.323 e. The maximum atomic E-state index is 11.7. The Hall–Kier alpha value is -1.91. The van der Waals surface area contributed by atoms with Crippen molar-refractivity contribution in [1.82, 2.24) is 9.88 Å². The number of amides is 1. The first-order chi connectivity index (χ1) is 7.63. The molecule has 0 aliphatic rings. The van der Waals surface area contributed by atoms with Crippen LogP contribution in [-0.2, 0) is 16.0 Å². The monoisotopic (exact) mass is 222 g/mol. The predicted octanol–water partition coefficient (Wildman–Crippen LogP) is 0.557. The van der Waals surface area contributed by atoms with Crippen molar-refractivity contribution in [3.05, 3.63) is 30.1 Å². The average molecular weight is 222 g/mol. The number of nitrogens with zero attached hydrogens (tertiary/aromatic N) is 2. The topological polar surface area (TPSA) is 70.5 Å². The lowest BCUT2D eigenvalue weighted by atomic mass is 10.2. The summed E-state index contributed by atoms with van der Waals surface area (Å²) in [6.07, 6.45) is 1.75. The van der Waals surface area contributed by atoms with E-state index in [-0.39, 0.29) is 18.9 Å². The van der Waals surface area contributed by atoms with Gasteiger partial charge in [-0.3, -0.25) is 14.6 Å². The van der Waals surface area contributed by atoms with Crippen LogP contribution in [0.3, 0.4) is 0 Å². The second-order valence-corrected chi connectivity index (χ2v) is 3.30. The van der Waals surface area contributed by atoms with Crippen LogP contribution in [0.4, 0.5) is 0 Å². The molecule has 0 saturated heterocycles. The van der Waals surface area contributed by atoms with Crippen LogP contribution < -0.4 is 0 Å². The zero-order valence-electron chi connectivity index (χ0n) is 9.09. The molecule has 0 spiro atoms. The van der Waals surface area contributed by atoms with Gasteiger partial charge in [-0.25, -0.2) is 0 Å². The summed E-state index contributed by atoms with van der Waals surface area (Å²) in [4.78, 5) is 27.5. The van der Waals surface area contributed by atoms with Gasteiger partial charge in [0, 0.05) is 18.4 Å². The number of carbonyl (C=O) groups is 2. The minimum Gasteiger partial charge on any atom is -0.480 e. The molecule has 0 aromatic carbocycles. The molecule has 1 N–H and O–H groups in total. The lowest BCUT2D eigenvalue weighted by molar-refractivity contribution is -0.144. The molecule has 86 valence electrons. The van der Waals surface area contributed by atoms with E-state index >= 15 is 0 Å². The summed E-state index contributed by atoms with van der Waals surface area (Å²) < 4.78 is 0. The Balaban J connectivity index is 2.59. The highest BCUT2D eigenvalue weighted by Crippen LogP contribution is 1.99. The summed E-state index contributed by atoms with van der Waals surface area (Å²) in [5, 5.41) is 8.62. The van der Waals surface area contributed by atoms with E-state index in [4.69, 9.17) is 5.11 Å². The highest BCUT2D eigenvalue weighted by Gasteiger charge is 2.15. The Morgan fingerprint density at radius 1 is 1.44 bits per heavy atom. The molecule has 5 nitrogen and oxygen atoms in total. The molecule has 0 radical (unpaired) electrons. The Kier molecular flexibility index (Phi) is 4.44. The summed E-state index contributed by atoms with van der Waals surface area (Å²) in [5.74, 6) is -1.22. The van der Waals surface area contributed by atoms with E-state index in [1.807, 2.05) is 0 Å². The largest absolute Gasteiger partial charge is 0.480 e. The van der Waals surface area contributed by atoms with Gasteiger partial charge >= 0.3 is 5.97 Å². The molecule has 0 aliphatic carbocycles. The first-order valence-corrected chi connectivity index (χ1v) is 5.03. The van der Waals surface area contributed by atoms with Gasteiger partial charge < -0.3 is 10.0 Å². The third-order valence-electron chi connectivity index (χ3n) is 2.12. The van der Waals surface area contributed by atoms with E-state index in [1.54, 1.807) is 31.3 Å². The van der Waals surface area contributed by atoms with E-state index in [9.17, 15) is 9.59 Å². The fourth-order valence-corrected chi connectivity index (χ4v) is 1.31. The highest BCUT2D eigenvalue weighted by atomic mass is 16.4. The van der Waals surface area contributed by atoms with Crippen LogP contribution in [0.1, 0.15) is 12.6 Å². The number of carbonyl (C=O) groups excluding carboxylic acids is 1. The number of aliphatic carboxylic acids is 1. The minimum absolute atomic E-state index is 0.141. The molecule has 1 aromatic rings. The van der Waals surface area contributed by atoms with E-state index in [1.165, 1.54) is 4.90 Å². The average Bonchev–Trinajstić information content (AvgIpc) is 2.26. The van der Waals surface area contributed by atoms with Crippen molar-refractivity contribution in [2.45, 2.75) is 13.3 Å². The molecular weight excluding hydrogens is 208 g/mol. The fraction of sp³-hybridized carbons (Fsp3) is 0.364. The van der Waals surface area contributed by atoms with Crippen molar-refractivity contribution in [3.8, 4) is 0 Å². The molecule has 5 heteroatoms. The van der Waals surface area contributed by atoms with Crippen LogP contribution in [0.25, 0.3) is 0 Å². The van der Waals surface area contributed by atoms with Gasteiger partial charge in [-0.15, -0.1) is 0 Å². The summed E-state index contributed by atoms with van der Waals surface area (Å²) in [5.41, 5.74) is 0.649. The SMILES string of the molecule is CCN(CC(=O)O)C(=O)Cc1ccccn1. The number of aromatic nitrogens is 1. The van der Waals surface area contributed by atoms with Crippen molar-refractivity contribution in [2.24, 2.45) is 0 Å². The Labute approximate surface area is 93.7 Å². The van der Waals surface area contributed by atoms with E-state index in [0.29, 0.717) is 12.2 Å². The maximum Gasteiger partial charge on any atom is 0.323 e. The standard InChI is InChI=1S/C11H14N2O3/c1-2-13(8-11(15)16)10(14)7-9-5-3-4-6-12-9/h3-6H,2,7-8H2,1H3,(H,15,16). The number of rotatable bonds is 5. The molecule has 16 heavy (non-hydrogen) atoms. The van der Waals surface area contributed by atoms with E-state index < -0.39 is 5.97 Å². The first kappa shape index (κ1) is 12.2. The highest BCUT2D eigenvalue weighted by molar-refractivity contribution is 5.82. The molecule has 1 heterocycles. The van der Waals surface area contributed by atoms with Gasteiger partial charge in [-0.1, -0.05) is 6.07 Å². The molecule has 0 aliphatic heterocycles. The molecule has 0 unspecified atom stereocenters. The molecule has 0 saturated carbocycles. The van der Waals surface area contributed by atoms with Gasteiger partial charge in [0.05, 0.1) is 6.42 Å². The second-order valence-electron chi connectivity index (χ2n) is 3.30. The zero-order chi connectivity index (χ0) is 12.0. The van der Waals surface area contributed by atoms with Gasteiger partial charge in [0.25, 0.3) is 0 Å². The van der Waals surface area contributed by atoms with E-state index in [0.717, 1.165) is 0 Å². The fourth-order valence-electron chi connectivity index (χ4n) is 1.31. The maximum absolute atomic E-state index is 11.7. The summed E-state index contributed by atoms with van der Waals surface area (Å²) >= 11 is 0. The molecule has 1 rings (SSSR count). The molecule has 1 aromatic heterocycles. The van der Waals surface area contributed by atoms with Crippen molar-refractivity contribution in [1.29, 1.82) is 0 Å². The summed E-state index contributed by atoms with van der Waals surface area (Å²) in [7, 11) is 0. The molecule has 0 atom stereocenters. The van der Waals surface area contributed by atoms with Crippen molar-refractivity contribution in [2.75, 3.05) is 13.1 Å². The normalized spacial score (nSPS) is 9.81. The van der Waals surface area contributed by atoms with Crippen molar-refractivity contribution >= 4 is 11.9 Å². The second kappa shape index (κ2) is 5.85. The third kappa shape index (κ3) is 3.68. The number of carboxylic acid groups (broad SMARTS) is 1. The first-order valence-electron chi connectivity index (χ1n) is 5.03. The van der Waals surface area contributed by atoms with Gasteiger partial charge in [0.1, 0.15) is 6.54 Å². The minimum atomic E-state index is -1.00. The van der Waals surface area contributed by atoms with Crippen molar-refractivity contribution in [3.63, 3.8) is 0 Å². The van der Waals surface area contributed by atoms with Gasteiger partial charge in [-0.05, 0) is 19.1 Å². The molecule has 0 bridgehead atoms. The van der Waals surface area contributed by atoms with Crippen molar-refractivity contribution < 1.29 is 14.7 Å².